The summed E-state index contributed by atoms with van der Waals surface area (Å²) >= 11 is 0. The van der Waals surface area contributed by atoms with Crippen LogP contribution in [0.3, 0.4) is 0 Å². The van der Waals surface area contributed by atoms with Gasteiger partial charge in [-0.15, -0.1) is 0 Å². The molecule has 0 fully saturated rings. The molecule has 2 unspecified atom stereocenters. The summed E-state index contributed by atoms with van der Waals surface area (Å²) in [6, 6.07) is -1.17. The summed E-state index contributed by atoms with van der Waals surface area (Å²) < 4.78 is 0. The summed E-state index contributed by atoms with van der Waals surface area (Å²) in [7, 11) is 0. The van der Waals surface area contributed by atoms with Gasteiger partial charge in [-0.2, -0.15) is 0 Å². The van der Waals surface area contributed by atoms with Crippen molar-refractivity contribution in [3.05, 3.63) is 10.1 Å². The van der Waals surface area contributed by atoms with Crippen LogP contribution in [-0.2, 0) is 4.79 Å². The van der Waals surface area contributed by atoms with Gasteiger partial charge in [0.2, 0.25) is 0 Å². The summed E-state index contributed by atoms with van der Waals surface area (Å²) in [6.07, 6.45) is 9.96. The maximum atomic E-state index is 11.0. The molecule has 0 aliphatic rings. The van der Waals surface area contributed by atoms with E-state index in [0.717, 1.165) is 51.4 Å². The Kier molecular flexibility index (Phi) is 13.6. The summed E-state index contributed by atoms with van der Waals surface area (Å²) in [6.45, 7) is 2.10. The number of aliphatic hydroxyl groups excluding tert-OH is 1. The van der Waals surface area contributed by atoms with Crippen molar-refractivity contribution in [2.24, 2.45) is 0 Å². The summed E-state index contributed by atoms with van der Waals surface area (Å²) in [5, 5.41) is 20.9. The Morgan fingerprint density at radius 2 is 1.68 bits per heavy atom. The van der Waals surface area contributed by atoms with Gasteiger partial charge >= 0.3 is 0 Å². The van der Waals surface area contributed by atoms with Gasteiger partial charge < -0.3 is 5.11 Å². The molecule has 22 heavy (non-hydrogen) atoms. The van der Waals surface area contributed by atoms with Gasteiger partial charge in [-0.25, -0.2) is 0 Å². The lowest BCUT2D eigenvalue weighted by Gasteiger charge is -2.11. The highest BCUT2D eigenvalue weighted by molar-refractivity contribution is 5.50. The lowest BCUT2D eigenvalue weighted by molar-refractivity contribution is -0.518. The van der Waals surface area contributed by atoms with E-state index in [1.165, 1.54) is 0 Å². The Morgan fingerprint density at radius 1 is 1.05 bits per heavy atom. The van der Waals surface area contributed by atoms with Crippen molar-refractivity contribution < 1.29 is 14.8 Å². The molecule has 0 aliphatic heterocycles. The van der Waals surface area contributed by atoms with Gasteiger partial charge in [-0.3, -0.25) is 14.9 Å². The standard InChI is InChI=1S/C17H28NO4/c1-2-3-4-11-14-17(20)16(18(21)22)13-10-8-6-5-7-9-12-15-19/h16-17,20H,2-9,11-12,14H2,1H3. The number of nitro groups is 1. The zero-order valence-corrected chi connectivity index (χ0v) is 13.6. The molecule has 2 atom stereocenters. The first-order valence-corrected chi connectivity index (χ1v) is 8.28. The first kappa shape index (κ1) is 20.6. The minimum atomic E-state index is -1.17. The van der Waals surface area contributed by atoms with Gasteiger partial charge in [0.1, 0.15) is 6.10 Å². The van der Waals surface area contributed by atoms with Crippen LogP contribution in [0.5, 0.6) is 0 Å². The van der Waals surface area contributed by atoms with Crippen molar-refractivity contribution in [2.75, 3.05) is 0 Å². The fourth-order valence-electron chi connectivity index (χ4n) is 2.17. The predicted molar refractivity (Wildman–Crippen MR) is 86.7 cm³/mol. The molecule has 5 nitrogen and oxygen atoms in total. The second-order valence-electron chi connectivity index (χ2n) is 5.53. The topological polar surface area (TPSA) is 80.4 Å². The molecular formula is C17H28NO4. The Labute approximate surface area is 133 Å². The van der Waals surface area contributed by atoms with Gasteiger partial charge in [-0.1, -0.05) is 51.4 Å². The first-order valence-electron chi connectivity index (χ1n) is 8.28. The average molecular weight is 310 g/mol. The summed E-state index contributed by atoms with van der Waals surface area (Å²) in [5.74, 6) is 5.41. The fraction of sp³-hybridized carbons (Fsp3) is 0.824. The van der Waals surface area contributed by atoms with Crippen molar-refractivity contribution >= 4 is 6.29 Å². The molecule has 0 heterocycles. The number of hydrogen-bond acceptors (Lipinski definition) is 4. The van der Waals surface area contributed by atoms with Crippen molar-refractivity contribution in [1.82, 2.24) is 0 Å². The molecule has 0 aromatic carbocycles. The van der Waals surface area contributed by atoms with Crippen molar-refractivity contribution in [1.29, 1.82) is 0 Å². The van der Waals surface area contributed by atoms with E-state index in [0.29, 0.717) is 19.3 Å². The molecule has 0 bridgehead atoms. The van der Waals surface area contributed by atoms with Gasteiger partial charge in [-0.05, 0) is 25.2 Å². The van der Waals surface area contributed by atoms with Crippen LogP contribution < -0.4 is 0 Å². The Bertz CT molecular complexity index is 359. The fourth-order valence-corrected chi connectivity index (χ4v) is 2.17. The van der Waals surface area contributed by atoms with Crippen LogP contribution in [0.25, 0.3) is 0 Å². The molecule has 0 aliphatic carbocycles. The SMILES string of the molecule is CCCCCCC(O)C(C#CCCCCCC[C]=O)[N+](=O)[O-]. The second kappa shape index (κ2) is 14.5. The van der Waals surface area contributed by atoms with E-state index in [-0.39, 0.29) is 0 Å². The van der Waals surface area contributed by atoms with Crippen LogP contribution in [0.4, 0.5) is 0 Å². The highest BCUT2D eigenvalue weighted by atomic mass is 16.6. The molecule has 0 saturated carbocycles. The monoisotopic (exact) mass is 310 g/mol. The van der Waals surface area contributed by atoms with E-state index in [9.17, 15) is 20.0 Å². The Morgan fingerprint density at radius 3 is 2.27 bits per heavy atom. The molecule has 0 aromatic rings. The van der Waals surface area contributed by atoms with Crippen LogP contribution in [0, 0.1) is 22.0 Å². The smallest absolute Gasteiger partial charge is 0.297 e. The number of hydrogen-bond donors (Lipinski definition) is 1. The zero-order chi connectivity index (χ0) is 16.6. The van der Waals surface area contributed by atoms with Gasteiger partial charge in [0.15, 0.2) is 6.29 Å². The number of nitrogens with zero attached hydrogens (tertiary/aromatic N) is 1. The number of aliphatic hydroxyl groups is 1. The molecular weight excluding hydrogens is 282 g/mol. The number of carbonyl (C=O) groups excluding carboxylic acids is 1. The molecule has 0 saturated heterocycles. The summed E-state index contributed by atoms with van der Waals surface area (Å²) in [5.41, 5.74) is 0. The van der Waals surface area contributed by atoms with E-state index in [1.807, 2.05) is 6.29 Å². The van der Waals surface area contributed by atoms with Crippen LogP contribution in [0.1, 0.15) is 77.6 Å². The molecule has 0 rings (SSSR count). The van der Waals surface area contributed by atoms with E-state index in [4.69, 9.17) is 0 Å². The molecule has 1 radical (unpaired) electrons. The van der Waals surface area contributed by atoms with Crippen molar-refractivity contribution in [3.8, 4) is 11.8 Å². The minimum Gasteiger partial charge on any atom is -0.385 e. The van der Waals surface area contributed by atoms with Crippen LogP contribution >= 0.6 is 0 Å². The lowest BCUT2D eigenvalue weighted by atomic mass is 10.0. The predicted octanol–water partition coefficient (Wildman–Crippen LogP) is 3.42. The first-order chi connectivity index (χ1) is 10.6. The van der Waals surface area contributed by atoms with E-state index in [2.05, 4.69) is 18.8 Å². The quantitative estimate of drug-likeness (QED) is 0.245. The lowest BCUT2D eigenvalue weighted by Crippen LogP contribution is -2.32. The molecule has 0 aromatic heterocycles. The molecule has 1 N–H and O–H groups in total. The molecule has 5 heteroatoms. The molecule has 0 amide bonds. The van der Waals surface area contributed by atoms with Gasteiger partial charge in [0.25, 0.3) is 6.04 Å². The zero-order valence-electron chi connectivity index (χ0n) is 13.6. The highest BCUT2D eigenvalue weighted by Gasteiger charge is 2.26. The van der Waals surface area contributed by atoms with Crippen LogP contribution in [-0.4, -0.2) is 28.5 Å². The summed E-state index contributed by atoms with van der Waals surface area (Å²) in [4.78, 5) is 20.5. The van der Waals surface area contributed by atoms with Crippen LogP contribution in [0.2, 0.25) is 0 Å². The minimum absolute atomic E-state index is 0.433. The van der Waals surface area contributed by atoms with Crippen molar-refractivity contribution in [3.63, 3.8) is 0 Å². The van der Waals surface area contributed by atoms with Gasteiger partial charge in [0.05, 0.1) is 0 Å². The Balaban J connectivity index is 4.00. The second-order valence-corrected chi connectivity index (χ2v) is 5.53. The van der Waals surface area contributed by atoms with E-state index < -0.39 is 17.1 Å². The normalized spacial score (nSPS) is 13.0. The average Bonchev–Trinajstić information content (AvgIpc) is 2.49. The maximum Gasteiger partial charge on any atom is 0.297 e. The van der Waals surface area contributed by atoms with Crippen LogP contribution in [0.15, 0.2) is 0 Å². The molecule has 125 valence electrons. The van der Waals surface area contributed by atoms with E-state index in [1.54, 1.807) is 0 Å². The largest absolute Gasteiger partial charge is 0.385 e. The molecule has 0 spiro atoms. The third kappa shape index (κ3) is 11.3. The number of rotatable bonds is 13. The van der Waals surface area contributed by atoms with E-state index >= 15 is 0 Å². The Hall–Kier alpha value is -1.41. The third-order valence-electron chi connectivity index (χ3n) is 3.53. The number of unbranched alkanes of at least 4 members (excludes halogenated alkanes) is 8. The van der Waals surface area contributed by atoms with Gasteiger partial charge in [0, 0.05) is 17.8 Å². The maximum absolute atomic E-state index is 11.0. The third-order valence-corrected chi connectivity index (χ3v) is 3.53. The van der Waals surface area contributed by atoms with Crippen molar-refractivity contribution in [2.45, 2.75) is 89.7 Å². The highest BCUT2D eigenvalue weighted by Crippen LogP contribution is 2.10.